The lowest BCUT2D eigenvalue weighted by Crippen LogP contribution is -2.49. The molecular weight excluding hydrogens is 340 g/mol. The van der Waals surface area contributed by atoms with E-state index in [1.807, 2.05) is 25.1 Å². The first-order chi connectivity index (χ1) is 12.0. The molecule has 2 atom stereocenters. The second-order valence-corrected chi connectivity index (χ2v) is 8.95. The maximum absolute atomic E-state index is 13.0. The standard InChI is InChI=1S/C18H26N2O4S/c1-13-4-2-3-9-20(13)25(21,22)19-18(14-5-6-14)15-7-8-16-17(12-15)24-11-10-23-16/h7-8,12-14,18-19H,2-6,9-11H2,1H3. The van der Waals surface area contributed by atoms with E-state index in [1.165, 1.54) is 0 Å². The minimum absolute atomic E-state index is 0.0615. The summed E-state index contributed by atoms with van der Waals surface area (Å²) in [4.78, 5) is 0. The van der Waals surface area contributed by atoms with Crippen LogP contribution in [-0.2, 0) is 10.2 Å². The molecule has 138 valence electrons. The molecule has 1 saturated carbocycles. The van der Waals surface area contributed by atoms with Crippen LogP contribution >= 0.6 is 0 Å². The Hall–Kier alpha value is -1.31. The molecule has 2 fully saturated rings. The van der Waals surface area contributed by atoms with E-state index >= 15 is 0 Å². The fourth-order valence-electron chi connectivity index (χ4n) is 3.78. The molecule has 6 nitrogen and oxygen atoms in total. The Morgan fingerprint density at radius 3 is 2.60 bits per heavy atom. The van der Waals surface area contributed by atoms with Crippen molar-refractivity contribution >= 4 is 10.2 Å². The Labute approximate surface area is 149 Å². The van der Waals surface area contributed by atoms with Gasteiger partial charge in [0.05, 0.1) is 6.04 Å². The molecule has 7 heteroatoms. The average Bonchev–Trinajstić information content (AvgIpc) is 3.44. The van der Waals surface area contributed by atoms with Gasteiger partial charge in [0.25, 0.3) is 10.2 Å². The van der Waals surface area contributed by atoms with E-state index in [9.17, 15) is 8.42 Å². The summed E-state index contributed by atoms with van der Waals surface area (Å²) in [5, 5.41) is 0. The highest BCUT2D eigenvalue weighted by atomic mass is 32.2. The molecule has 3 aliphatic rings. The van der Waals surface area contributed by atoms with Gasteiger partial charge in [-0.15, -0.1) is 0 Å². The molecule has 4 rings (SSSR count). The number of fused-ring (bicyclic) bond motifs is 1. The number of ether oxygens (including phenoxy) is 2. The predicted molar refractivity (Wildman–Crippen MR) is 95.0 cm³/mol. The molecule has 0 amide bonds. The summed E-state index contributed by atoms with van der Waals surface area (Å²) < 4.78 is 41.8. The van der Waals surface area contributed by atoms with Crippen LogP contribution < -0.4 is 14.2 Å². The van der Waals surface area contributed by atoms with E-state index in [1.54, 1.807) is 4.31 Å². The van der Waals surface area contributed by atoms with Crippen LogP contribution in [0, 0.1) is 5.92 Å². The minimum Gasteiger partial charge on any atom is -0.486 e. The molecule has 1 saturated heterocycles. The van der Waals surface area contributed by atoms with Gasteiger partial charge in [0.1, 0.15) is 13.2 Å². The van der Waals surface area contributed by atoms with Crippen LogP contribution in [0.5, 0.6) is 11.5 Å². The van der Waals surface area contributed by atoms with Crippen LogP contribution in [0.3, 0.4) is 0 Å². The van der Waals surface area contributed by atoms with Gasteiger partial charge in [-0.1, -0.05) is 12.5 Å². The van der Waals surface area contributed by atoms with Crippen LogP contribution in [0.4, 0.5) is 0 Å². The summed E-state index contributed by atoms with van der Waals surface area (Å²) in [6, 6.07) is 5.64. The van der Waals surface area contributed by atoms with Crippen LogP contribution in [0.1, 0.15) is 50.6 Å². The van der Waals surface area contributed by atoms with Crippen LogP contribution in [0.2, 0.25) is 0 Å². The zero-order valence-corrected chi connectivity index (χ0v) is 15.4. The number of benzene rings is 1. The molecule has 0 aromatic heterocycles. The molecule has 1 N–H and O–H groups in total. The van der Waals surface area contributed by atoms with Gasteiger partial charge in [-0.05, 0) is 56.2 Å². The molecule has 0 bridgehead atoms. The molecule has 1 aromatic rings. The Bertz CT molecular complexity index is 733. The summed E-state index contributed by atoms with van der Waals surface area (Å²) in [5.74, 6) is 1.80. The van der Waals surface area contributed by atoms with Gasteiger partial charge >= 0.3 is 0 Å². The molecule has 1 aliphatic carbocycles. The highest BCUT2D eigenvalue weighted by Gasteiger charge is 2.38. The number of nitrogens with zero attached hydrogens (tertiary/aromatic N) is 1. The lowest BCUT2D eigenvalue weighted by Gasteiger charge is -2.34. The smallest absolute Gasteiger partial charge is 0.280 e. The van der Waals surface area contributed by atoms with Crippen molar-refractivity contribution in [1.29, 1.82) is 0 Å². The average molecular weight is 366 g/mol. The monoisotopic (exact) mass is 366 g/mol. The zero-order chi connectivity index (χ0) is 17.4. The first-order valence-corrected chi connectivity index (χ1v) is 10.7. The van der Waals surface area contributed by atoms with Crippen molar-refractivity contribution in [3.8, 4) is 11.5 Å². The molecular formula is C18H26N2O4S. The number of hydrogen-bond donors (Lipinski definition) is 1. The van der Waals surface area contributed by atoms with E-state index in [0.29, 0.717) is 31.4 Å². The fraction of sp³-hybridized carbons (Fsp3) is 0.667. The number of piperidine rings is 1. The lowest BCUT2D eigenvalue weighted by atomic mass is 10.0. The maximum atomic E-state index is 13.0. The predicted octanol–water partition coefficient (Wildman–Crippen LogP) is 2.62. The molecule has 0 radical (unpaired) electrons. The Morgan fingerprint density at radius 2 is 1.88 bits per heavy atom. The van der Waals surface area contributed by atoms with Crippen molar-refractivity contribution in [3.63, 3.8) is 0 Å². The SMILES string of the molecule is CC1CCCCN1S(=O)(=O)NC(c1ccc2c(c1)OCCO2)C1CC1. The Balaban J connectivity index is 1.57. The summed E-state index contributed by atoms with van der Waals surface area (Å²) in [7, 11) is -3.49. The van der Waals surface area contributed by atoms with Gasteiger partial charge in [0.15, 0.2) is 11.5 Å². The van der Waals surface area contributed by atoms with Crippen LogP contribution in [0.15, 0.2) is 18.2 Å². The third kappa shape index (κ3) is 3.64. The van der Waals surface area contributed by atoms with E-state index in [4.69, 9.17) is 9.47 Å². The van der Waals surface area contributed by atoms with E-state index in [0.717, 1.165) is 43.4 Å². The van der Waals surface area contributed by atoms with Gasteiger partial charge in [0, 0.05) is 12.6 Å². The first-order valence-electron chi connectivity index (χ1n) is 9.23. The van der Waals surface area contributed by atoms with Crippen molar-refractivity contribution in [2.24, 2.45) is 5.92 Å². The van der Waals surface area contributed by atoms with E-state index in [-0.39, 0.29) is 12.1 Å². The zero-order valence-electron chi connectivity index (χ0n) is 14.6. The van der Waals surface area contributed by atoms with Crippen LogP contribution in [0.25, 0.3) is 0 Å². The van der Waals surface area contributed by atoms with E-state index in [2.05, 4.69) is 4.72 Å². The summed E-state index contributed by atoms with van der Waals surface area (Å²) in [5.41, 5.74) is 0.958. The number of nitrogens with one attached hydrogen (secondary N) is 1. The van der Waals surface area contributed by atoms with Gasteiger partial charge in [-0.25, -0.2) is 0 Å². The van der Waals surface area contributed by atoms with Crippen molar-refractivity contribution in [3.05, 3.63) is 23.8 Å². The number of rotatable bonds is 5. The number of hydrogen-bond acceptors (Lipinski definition) is 4. The second kappa shape index (κ2) is 6.78. The first kappa shape index (κ1) is 17.1. The lowest BCUT2D eigenvalue weighted by molar-refractivity contribution is 0.171. The second-order valence-electron chi connectivity index (χ2n) is 7.30. The highest BCUT2D eigenvalue weighted by molar-refractivity contribution is 7.87. The molecule has 2 heterocycles. The van der Waals surface area contributed by atoms with Gasteiger partial charge < -0.3 is 9.47 Å². The largest absolute Gasteiger partial charge is 0.486 e. The van der Waals surface area contributed by atoms with E-state index < -0.39 is 10.2 Å². The molecule has 25 heavy (non-hydrogen) atoms. The van der Waals surface area contributed by atoms with Gasteiger partial charge in [-0.3, -0.25) is 0 Å². The molecule has 2 unspecified atom stereocenters. The molecule has 0 spiro atoms. The van der Waals surface area contributed by atoms with Crippen LogP contribution in [-0.4, -0.2) is 38.5 Å². The summed E-state index contributed by atoms with van der Waals surface area (Å²) >= 11 is 0. The maximum Gasteiger partial charge on any atom is 0.280 e. The normalized spacial score (nSPS) is 25.6. The van der Waals surface area contributed by atoms with Crippen molar-refractivity contribution in [1.82, 2.24) is 9.03 Å². The van der Waals surface area contributed by atoms with Crippen molar-refractivity contribution in [2.75, 3.05) is 19.8 Å². The highest BCUT2D eigenvalue weighted by Crippen LogP contribution is 2.44. The Kier molecular flexibility index (Phi) is 4.64. The molecule has 2 aliphatic heterocycles. The molecule has 1 aromatic carbocycles. The summed E-state index contributed by atoms with van der Waals surface area (Å²) in [6.07, 6.45) is 5.07. The van der Waals surface area contributed by atoms with Crippen molar-refractivity contribution in [2.45, 2.75) is 51.1 Å². The van der Waals surface area contributed by atoms with Crippen molar-refractivity contribution < 1.29 is 17.9 Å². The quantitative estimate of drug-likeness (QED) is 0.870. The topological polar surface area (TPSA) is 67.9 Å². The Morgan fingerprint density at radius 1 is 1.12 bits per heavy atom. The minimum atomic E-state index is -3.49. The third-order valence-electron chi connectivity index (χ3n) is 5.35. The summed E-state index contributed by atoms with van der Waals surface area (Å²) in [6.45, 7) is 3.68. The third-order valence-corrected chi connectivity index (χ3v) is 7.06. The van der Waals surface area contributed by atoms with Gasteiger partial charge in [0.2, 0.25) is 0 Å². The van der Waals surface area contributed by atoms with Gasteiger partial charge in [-0.2, -0.15) is 17.4 Å². The fourth-order valence-corrected chi connectivity index (χ4v) is 5.51.